The van der Waals surface area contributed by atoms with Crippen LogP contribution in [0.5, 0.6) is 0 Å². The smallest absolute Gasteiger partial charge is 0.246 e. The minimum atomic E-state index is 0.0349. The van der Waals surface area contributed by atoms with Crippen molar-refractivity contribution in [3.8, 4) is 0 Å². The second kappa shape index (κ2) is 6.57. The fraction of sp³-hybridized carbons (Fsp3) is 0.438. The molecule has 0 saturated carbocycles. The molecule has 1 unspecified atom stereocenters. The van der Waals surface area contributed by atoms with E-state index in [1.807, 2.05) is 37.4 Å². The van der Waals surface area contributed by atoms with Gasteiger partial charge in [-0.1, -0.05) is 12.1 Å². The predicted octanol–water partition coefficient (Wildman–Crippen LogP) is 1.83. The van der Waals surface area contributed by atoms with Crippen LogP contribution in [-0.4, -0.2) is 48.9 Å². The average Bonchev–Trinajstić information content (AvgIpc) is 2.81. The number of nitrogen functional groups attached to an aromatic ring is 1. The summed E-state index contributed by atoms with van der Waals surface area (Å²) in [4.78, 5) is 16.2. The number of nitrogens with two attached hydrogens (primary N) is 1. The Kier molecular flexibility index (Phi) is 4.79. The van der Waals surface area contributed by atoms with Gasteiger partial charge < -0.3 is 15.5 Å². The second-order valence-electron chi connectivity index (χ2n) is 5.50. The van der Waals surface area contributed by atoms with Crippen LogP contribution in [0.15, 0.2) is 30.3 Å². The van der Waals surface area contributed by atoms with Crippen molar-refractivity contribution in [3.05, 3.63) is 35.9 Å². The minimum Gasteiger partial charge on any atom is -0.399 e. The van der Waals surface area contributed by atoms with Crippen molar-refractivity contribution in [2.75, 3.05) is 32.9 Å². The number of anilines is 1. The SMILES string of the molecule is CN(CC1CCCN1C)C(=O)/C=C/c1cccc(N)c1. The standard InChI is InChI=1S/C16H23N3O/c1-18-10-4-7-15(18)12-19(2)16(20)9-8-13-5-3-6-14(17)11-13/h3,5-6,8-9,11,15H,4,7,10,12,17H2,1-2H3/b9-8+. The Morgan fingerprint density at radius 3 is 3.00 bits per heavy atom. The van der Waals surface area contributed by atoms with Crippen LogP contribution in [0.4, 0.5) is 5.69 Å². The molecule has 20 heavy (non-hydrogen) atoms. The fourth-order valence-corrected chi connectivity index (χ4v) is 2.57. The third kappa shape index (κ3) is 3.84. The predicted molar refractivity (Wildman–Crippen MR) is 83.2 cm³/mol. The van der Waals surface area contributed by atoms with Crippen LogP contribution in [0.2, 0.25) is 0 Å². The number of rotatable bonds is 4. The van der Waals surface area contributed by atoms with Gasteiger partial charge in [0.25, 0.3) is 0 Å². The number of carbonyl (C=O) groups is 1. The maximum absolute atomic E-state index is 12.1. The molecule has 1 fully saturated rings. The van der Waals surface area contributed by atoms with Crippen molar-refractivity contribution in [1.82, 2.24) is 9.80 Å². The van der Waals surface area contributed by atoms with Crippen LogP contribution in [0.3, 0.4) is 0 Å². The van der Waals surface area contributed by atoms with E-state index in [1.165, 1.54) is 12.8 Å². The van der Waals surface area contributed by atoms with Gasteiger partial charge in [-0.2, -0.15) is 0 Å². The van der Waals surface area contributed by atoms with E-state index in [4.69, 9.17) is 5.73 Å². The summed E-state index contributed by atoms with van der Waals surface area (Å²) < 4.78 is 0. The molecule has 2 rings (SSSR count). The summed E-state index contributed by atoms with van der Waals surface area (Å²) in [6, 6.07) is 8.00. The Balaban J connectivity index is 1.90. The quantitative estimate of drug-likeness (QED) is 0.672. The zero-order chi connectivity index (χ0) is 14.5. The van der Waals surface area contributed by atoms with Crippen LogP contribution in [-0.2, 0) is 4.79 Å². The third-order valence-corrected chi connectivity index (χ3v) is 3.86. The van der Waals surface area contributed by atoms with Crippen LogP contribution in [0.25, 0.3) is 6.08 Å². The molecule has 1 aromatic carbocycles. The van der Waals surface area contributed by atoms with E-state index in [0.717, 1.165) is 18.7 Å². The van der Waals surface area contributed by atoms with Gasteiger partial charge in [0.05, 0.1) is 0 Å². The van der Waals surface area contributed by atoms with E-state index >= 15 is 0 Å². The van der Waals surface area contributed by atoms with Gasteiger partial charge in [-0.25, -0.2) is 0 Å². The molecule has 2 N–H and O–H groups in total. The van der Waals surface area contributed by atoms with Gasteiger partial charge in [-0.05, 0) is 50.2 Å². The zero-order valence-corrected chi connectivity index (χ0v) is 12.2. The molecule has 1 saturated heterocycles. The zero-order valence-electron chi connectivity index (χ0n) is 12.2. The highest BCUT2D eigenvalue weighted by atomic mass is 16.2. The van der Waals surface area contributed by atoms with Crippen molar-refractivity contribution in [1.29, 1.82) is 0 Å². The lowest BCUT2D eigenvalue weighted by Gasteiger charge is -2.25. The van der Waals surface area contributed by atoms with Gasteiger partial charge in [0.2, 0.25) is 5.91 Å². The van der Waals surface area contributed by atoms with E-state index in [9.17, 15) is 4.79 Å². The van der Waals surface area contributed by atoms with E-state index in [-0.39, 0.29) is 5.91 Å². The molecule has 0 aliphatic carbocycles. The molecule has 1 aliphatic heterocycles. The van der Waals surface area contributed by atoms with Crippen molar-refractivity contribution < 1.29 is 4.79 Å². The fourth-order valence-electron chi connectivity index (χ4n) is 2.57. The highest BCUT2D eigenvalue weighted by Crippen LogP contribution is 2.15. The molecule has 0 spiro atoms. The van der Waals surface area contributed by atoms with Crippen LogP contribution < -0.4 is 5.73 Å². The highest BCUT2D eigenvalue weighted by Gasteiger charge is 2.23. The number of amides is 1. The van der Waals surface area contributed by atoms with Gasteiger partial charge in [-0.15, -0.1) is 0 Å². The van der Waals surface area contributed by atoms with Gasteiger partial charge in [0.1, 0.15) is 0 Å². The van der Waals surface area contributed by atoms with Crippen molar-refractivity contribution in [3.63, 3.8) is 0 Å². The first kappa shape index (κ1) is 14.6. The summed E-state index contributed by atoms with van der Waals surface area (Å²) in [7, 11) is 3.98. The van der Waals surface area contributed by atoms with Gasteiger partial charge in [-0.3, -0.25) is 4.79 Å². The number of likely N-dealkylation sites (tertiary alicyclic amines) is 1. The Morgan fingerprint density at radius 2 is 2.35 bits per heavy atom. The molecule has 0 aromatic heterocycles. The molecular formula is C16H23N3O. The summed E-state index contributed by atoms with van der Waals surface area (Å²) in [6.07, 6.45) is 5.83. The van der Waals surface area contributed by atoms with Gasteiger partial charge in [0, 0.05) is 31.4 Å². The first-order valence-electron chi connectivity index (χ1n) is 7.05. The van der Waals surface area contributed by atoms with Crippen molar-refractivity contribution in [2.45, 2.75) is 18.9 Å². The highest BCUT2D eigenvalue weighted by molar-refractivity contribution is 5.91. The lowest BCUT2D eigenvalue weighted by Crippen LogP contribution is -2.38. The van der Waals surface area contributed by atoms with E-state index in [0.29, 0.717) is 11.7 Å². The largest absolute Gasteiger partial charge is 0.399 e. The molecule has 4 heteroatoms. The maximum atomic E-state index is 12.1. The van der Waals surface area contributed by atoms with Crippen molar-refractivity contribution >= 4 is 17.7 Å². The summed E-state index contributed by atoms with van der Waals surface area (Å²) >= 11 is 0. The first-order valence-corrected chi connectivity index (χ1v) is 7.05. The van der Waals surface area contributed by atoms with Gasteiger partial charge >= 0.3 is 0 Å². The van der Waals surface area contributed by atoms with Crippen LogP contribution in [0.1, 0.15) is 18.4 Å². The van der Waals surface area contributed by atoms with Gasteiger partial charge in [0.15, 0.2) is 0 Å². The number of nitrogens with zero attached hydrogens (tertiary/aromatic N) is 2. The number of carbonyl (C=O) groups excluding carboxylic acids is 1. The topological polar surface area (TPSA) is 49.6 Å². The molecule has 0 radical (unpaired) electrons. The molecule has 1 aliphatic rings. The molecule has 4 nitrogen and oxygen atoms in total. The maximum Gasteiger partial charge on any atom is 0.246 e. The van der Waals surface area contributed by atoms with Crippen LogP contribution in [0, 0.1) is 0 Å². The molecule has 1 heterocycles. The van der Waals surface area contributed by atoms with Crippen LogP contribution >= 0.6 is 0 Å². The molecule has 108 valence electrons. The number of hydrogen-bond acceptors (Lipinski definition) is 3. The Bertz CT molecular complexity index is 498. The molecule has 0 bridgehead atoms. The lowest BCUT2D eigenvalue weighted by atomic mass is 10.2. The first-order chi connectivity index (χ1) is 9.56. The third-order valence-electron chi connectivity index (χ3n) is 3.86. The minimum absolute atomic E-state index is 0.0349. The number of likely N-dealkylation sites (N-methyl/N-ethyl adjacent to an activating group) is 2. The van der Waals surface area contributed by atoms with E-state index in [2.05, 4.69) is 11.9 Å². The lowest BCUT2D eigenvalue weighted by molar-refractivity contribution is -0.125. The normalized spacial score (nSPS) is 19.6. The molecule has 1 aromatic rings. The molecular weight excluding hydrogens is 250 g/mol. The number of benzene rings is 1. The van der Waals surface area contributed by atoms with E-state index < -0.39 is 0 Å². The van der Waals surface area contributed by atoms with Crippen molar-refractivity contribution in [2.24, 2.45) is 0 Å². The Morgan fingerprint density at radius 1 is 1.55 bits per heavy atom. The average molecular weight is 273 g/mol. The second-order valence-corrected chi connectivity index (χ2v) is 5.50. The summed E-state index contributed by atoms with van der Waals surface area (Å²) in [5.74, 6) is 0.0349. The summed E-state index contributed by atoms with van der Waals surface area (Å²) in [5.41, 5.74) is 7.37. The summed E-state index contributed by atoms with van der Waals surface area (Å²) in [5, 5.41) is 0. The monoisotopic (exact) mass is 273 g/mol. The summed E-state index contributed by atoms with van der Waals surface area (Å²) in [6.45, 7) is 1.92. The molecule has 1 atom stereocenters. The Labute approximate surface area is 120 Å². The number of hydrogen-bond donors (Lipinski definition) is 1. The van der Waals surface area contributed by atoms with E-state index in [1.54, 1.807) is 11.0 Å². The Hall–Kier alpha value is -1.81. The molecule has 1 amide bonds.